The first kappa shape index (κ1) is 35.7. The molecule has 0 bridgehead atoms. The van der Waals surface area contributed by atoms with E-state index in [1.54, 1.807) is 16.4 Å². The number of aromatic carboxylic acids is 2. The quantitative estimate of drug-likeness (QED) is 0.280. The van der Waals surface area contributed by atoms with Gasteiger partial charge in [-0.1, -0.05) is 0 Å². The Kier molecular flexibility index (Phi) is 9.74. The van der Waals surface area contributed by atoms with Crippen molar-refractivity contribution in [2.45, 2.75) is 39.4 Å². The van der Waals surface area contributed by atoms with E-state index in [1.807, 2.05) is 25.8 Å². The van der Waals surface area contributed by atoms with Crippen molar-refractivity contribution in [2.75, 3.05) is 69.3 Å². The van der Waals surface area contributed by atoms with Crippen molar-refractivity contribution < 1.29 is 37.7 Å². The molecule has 3 N–H and O–H groups in total. The minimum Gasteiger partial charge on any atom is -0.487 e. The second-order valence-electron chi connectivity index (χ2n) is 13.1. The third kappa shape index (κ3) is 6.37. The van der Waals surface area contributed by atoms with Crippen molar-refractivity contribution in [3.63, 3.8) is 0 Å². The molecule has 3 aliphatic rings. The van der Waals surface area contributed by atoms with E-state index in [-0.39, 0.29) is 52.8 Å². The number of rotatable bonds is 5. The number of likely N-dealkylation sites (N-methyl/N-ethyl adjacent to an activating group) is 1. The Labute approximate surface area is 290 Å². The maximum absolute atomic E-state index is 15.2. The lowest BCUT2D eigenvalue weighted by atomic mass is 10.1. The lowest BCUT2D eigenvalue weighted by Crippen LogP contribution is -2.49. The summed E-state index contributed by atoms with van der Waals surface area (Å²) in [6.07, 6.45) is 2.45. The van der Waals surface area contributed by atoms with E-state index in [0.717, 1.165) is 31.4 Å². The first-order chi connectivity index (χ1) is 24.2. The van der Waals surface area contributed by atoms with Crippen molar-refractivity contribution in [2.24, 2.45) is 0 Å². The highest BCUT2D eigenvalue weighted by Gasteiger charge is 2.31. The topological polar surface area (TPSA) is 150 Å². The van der Waals surface area contributed by atoms with Crippen LogP contribution in [0.3, 0.4) is 0 Å². The van der Waals surface area contributed by atoms with Crippen molar-refractivity contribution in [1.29, 1.82) is 0 Å². The van der Waals surface area contributed by atoms with Crippen LogP contribution in [0.2, 0.25) is 0 Å². The smallest absolute Gasteiger partial charge is 0.341 e. The van der Waals surface area contributed by atoms with Gasteiger partial charge in [0.05, 0.1) is 27.8 Å². The molecule has 2 saturated heterocycles. The summed E-state index contributed by atoms with van der Waals surface area (Å²) in [5.74, 6) is -4.66. The van der Waals surface area contributed by atoms with Gasteiger partial charge in [0.1, 0.15) is 34.9 Å². The van der Waals surface area contributed by atoms with Gasteiger partial charge in [0.15, 0.2) is 17.4 Å². The summed E-state index contributed by atoms with van der Waals surface area (Å²) in [6.45, 7) is 10.4. The van der Waals surface area contributed by atoms with Crippen LogP contribution in [0.1, 0.15) is 47.5 Å². The summed E-state index contributed by atoms with van der Waals surface area (Å²) >= 11 is 0. The second kappa shape index (κ2) is 13.9. The van der Waals surface area contributed by atoms with E-state index >= 15 is 4.39 Å². The summed E-state index contributed by atoms with van der Waals surface area (Å²) in [7, 11) is 2.02. The fourth-order valence-electron chi connectivity index (χ4n) is 6.99. The van der Waals surface area contributed by atoms with Crippen LogP contribution in [0.4, 0.5) is 24.5 Å². The number of nitrogens with zero attached hydrogens (tertiary/aromatic N) is 5. The lowest BCUT2D eigenvalue weighted by Gasteiger charge is -2.37. The Balaban J connectivity index is 0.000000176. The van der Waals surface area contributed by atoms with Crippen LogP contribution in [-0.2, 0) is 6.54 Å². The van der Waals surface area contributed by atoms with Crippen LogP contribution in [0.5, 0.6) is 5.75 Å². The fourth-order valence-corrected chi connectivity index (χ4v) is 6.99. The minimum absolute atomic E-state index is 0.0434. The number of aryl methyl sites for hydroxylation is 1. The minimum atomic E-state index is -1.42. The monoisotopic (exact) mass is 712 g/mol. The van der Waals surface area contributed by atoms with Gasteiger partial charge in [0.2, 0.25) is 10.9 Å². The number of hydrogen-bond acceptors (Lipinski definition) is 9. The number of pyridine rings is 2. The van der Waals surface area contributed by atoms with Crippen LogP contribution in [0.15, 0.2) is 34.1 Å². The second-order valence-corrected chi connectivity index (χ2v) is 13.1. The average molecular weight is 713 g/mol. The fraction of sp³-hybridized carbons (Fsp3) is 0.429. The van der Waals surface area contributed by atoms with Gasteiger partial charge in [-0.15, -0.1) is 0 Å². The standard InChI is InChI=1S/C18H20FN3O4.C17H19F2N3O3/c1-10-9-26-17-14-11(16(23)12(18(24)25)8-22(10)14)7-13(19)15(17)21-5-3-20(2)4-6-21;1-3-21-8-11(17(24)25)16(23)10-6-12(18)15(13(19)14(10)21)22-5-4-20-9(2)7-22/h7-8,10H,3-6,9H2,1-2H3,(H,24,25);6,8-9,20H,3-5,7H2,1-2H3,(H,24,25)/t10-;/m0./s1. The molecule has 2 fully saturated rings. The van der Waals surface area contributed by atoms with E-state index in [4.69, 9.17) is 9.84 Å². The molecule has 7 rings (SSSR count). The number of hydrogen-bond donors (Lipinski definition) is 3. The highest BCUT2D eigenvalue weighted by atomic mass is 19.1. The van der Waals surface area contributed by atoms with Crippen molar-refractivity contribution in [3.8, 4) is 5.75 Å². The number of anilines is 2. The van der Waals surface area contributed by atoms with Gasteiger partial charge in [0.25, 0.3) is 0 Å². The maximum atomic E-state index is 15.2. The van der Waals surface area contributed by atoms with Crippen LogP contribution in [0, 0.1) is 17.5 Å². The summed E-state index contributed by atoms with van der Waals surface area (Å²) < 4.78 is 53.7. The SMILES string of the molecule is CCn1cc(C(=O)O)c(=O)c2cc(F)c(N3CCNC(C)C3)c(F)c21.C[C@H]1COc2c(N3CCN(C)CC3)c(F)cc3c(=O)c(C(=O)O)cn1c23. The highest BCUT2D eigenvalue weighted by molar-refractivity contribution is 5.97. The molecule has 5 heterocycles. The third-order valence-corrected chi connectivity index (χ3v) is 9.68. The number of piperazine rings is 2. The third-order valence-electron chi connectivity index (χ3n) is 9.68. The van der Waals surface area contributed by atoms with Crippen molar-refractivity contribution >= 4 is 45.1 Å². The molecule has 0 spiro atoms. The van der Waals surface area contributed by atoms with Crippen LogP contribution < -0.4 is 30.7 Å². The predicted molar refractivity (Wildman–Crippen MR) is 185 cm³/mol. The van der Waals surface area contributed by atoms with E-state index in [2.05, 4.69) is 10.2 Å². The average Bonchev–Trinajstić information content (AvgIpc) is 3.08. The maximum Gasteiger partial charge on any atom is 0.341 e. The molecule has 0 amide bonds. The molecular formula is C35H39F3N6O7. The molecule has 0 radical (unpaired) electrons. The zero-order valence-electron chi connectivity index (χ0n) is 28.6. The van der Waals surface area contributed by atoms with Crippen LogP contribution in [-0.4, -0.2) is 102 Å². The van der Waals surface area contributed by atoms with E-state index in [9.17, 15) is 33.1 Å². The van der Waals surface area contributed by atoms with E-state index in [1.165, 1.54) is 10.8 Å². The summed E-state index contributed by atoms with van der Waals surface area (Å²) in [5, 5.41) is 21.5. The van der Waals surface area contributed by atoms with Gasteiger partial charge >= 0.3 is 11.9 Å². The van der Waals surface area contributed by atoms with Gasteiger partial charge in [-0.2, -0.15) is 0 Å². The van der Waals surface area contributed by atoms with Crippen LogP contribution in [0.25, 0.3) is 21.8 Å². The first-order valence-corrected chi connectivity index (χ1v) is 16.7. The van der Waals surface area contributed by atoms with Gasteiger partial charge in [-0.25, -0.2) is 22.8 Å². The van der Waals surface area contributed by atoms with Gasteiger partial charge in [0, 0.05) is 70.8 Å². The Hall–Kier alpha value is -5.09. The van der Waals surface area contributed by atoms with Crippen molar-refractivity contribution in [1.82, 2.24) is 19.4 Å². The first-order valence-electron chi connectivity index (χ1n) is 16.7. The van der Waals surface area contributed by atoms with E-state index in [0.29, 0.717) is 49.7 Å². The molecule has 0 aliphatic carbocycles. The molecule has 2 atom stereocenters. The number of benzene rings is 2. The summed E-state index contributed by atoms with van der Waals surface area (Å²) in [4.78, 5) is 53.3. The Bertz CT molecular complexity index is 2180. The van der Waals surface area contributed by atoms with Gasteiger partial charge in [-0.05, 0) is 40.0 Å². The van der Waals surface area contributed by atoms with Crippen molar-refractivity contribution in [3.05, 3.63) is 73.6 Å². The molecule has 2 aromatic carbocycles. The molecule has 51 heavy (non-hydrogen) atoms. The molecular weight excluding hydrogens is 673 g/mol. The highest BCUT2D eigenvalue weighted by Crippen LogP contribution is 2.42. The molecule has 1 unspecified atom stereocenters. The Morgan fingerprint density at radius 2 is 1.45 bits per heavy atom. The molecule has 0 saturated carbocycles. The molecule has 16 heteroatoms. The number of fused-ring (bicyclic) bond motifs is 1. The van der Waals surface area contributed by atoms with E-state index < -0.39 is 45.8 Å². The Morgan fingerprint density at radius 3 is 2.04 bits per heavy atom. The van der Waals surface area contributed by atoms with Gasteiger partial charge < -0.3 is 44.1 Å². The van der Waals surface area contributed by atoms with Crippen LogP contribution >= 0.6 is 0 Å². The largest absolute Gasteiger partial charge is 0.487 e. The molecule has 4 aromatic rings. The molecule has 13 nitrogen and oxygen atoms in total. The predicted octanol–water partition coefficient (Wildman–Crippen LogP) is 3.34. The zero-order valence-corrected chi connectivity index (χ0v) is 28.6. The molecule has 2 aromatic heterocycles. The number of aromatic nitrogens is 2. The zero-order chi connectivity index (χ0) is 36.9. The molecule has 3 aliphatic heterocycles. The van der Waals surface area contributed by atoms with Gasteiger partial charge in [-0.3, -0.25) is 9.59 Å². The number of carboxylic acid groups (broad SMARTS) is 2. The summed E-state index contributed by atoms with van der Waals surface area (Å²) in [6, 6.07) is 2.01. The summed E-state index contributed by atoms with van der Waals surface area (Å²) in [5.41, 5.74) is -1.86. The lowest BCUT2D eigenvalue weighted by molar-refractivity contribution is 0.0683. The number of carbonyl (C=O) groups is 2. The number of carboxylic acids is 2. The number of nitrogens with one attached hydrogen (secondary N) is 1. The number of halogens is 3. The number of ether oxygens (including phenoxy) is 1. The Morgan fingerprint density at radius 1 is 0.863 bits per heavy atom. The normalized spacial score (nSPS) is 19.1. The molecule has 272 valence electrons.